The fourth-order valence-corrected chi connectivity index (χ4v) is 5.74. The van der Waals surface area contributed by atoms with Gasteiger partial charge in [-0.2, -0.15) is 0 Å². The zero-order valence-corrected chi connectivity index (χ0v) is 19.5. The molecule has 5 rings (SSSR count). The van der Waals surface area contributed by atoms with E-state index in [1.807, 2.05) is 29.2 Å². The van der Waals surface area contributed by atoms with Crippen LogP contribution in [0.5, 0.6) is 0 Å². The number of para-hydroxylation sites is 1. The first-order chi connectivity index (χ1) is 16.5. The van der Waals surface area contributed by atoms with E-state index in [9.17, 15) is 19.2 Å². The summed E-state index contributed by atoms with van der Waals surface area (Å²) in [5, 5.41) is 2.01. The number of piperazine rings is 1. The van der Waals surface area contributed by atoms with Gasteiger partial charge in [0.1, 0.15) is 0 Å². The summed E-state index contributed by atoms with van der Waals surface area (Å²) in [6.45, 7) is 2.83. The molecule has 9 nitrogen and oxygen atoms in total. The number of hydrogen-bond acceptors (Lipinski definition) is 6. The maximum atomic E-state index is 13.1. The van der Waals surface area contributed by atoms with Crippen LogP contribution in [0.2, 0.25) is 0 Å². The highest BCUT2D eigenvalue weighted by Crippen LogP contribution is 2.36. The predicted octanol–water partition coefficient (Wildman–Crippen LogP) is 1.92. The lowest BCUT2D eigenvalue weighted by atomic mass is 9.94. The summed E-state index contributed by atoms with van der Waals surface area (Å²) >= 11 is 1.28. The zero-order valence-electron chi connectivity index (χ0n) is 18.6. The molecule has 2 saturated heterocycles. The van der Waals surface area contributed by atoms with Crippen molar-refractivity contribution in [2.45, 2.75) is 23.0 Å². The molecule has 0 radical (unpaired) electrons. The number of likely N-dealkylation sites (tertiary alicyclic amines) is 1. The molecule has 2 fully saturated rings. The molecule has 34 heavy (non-hydrogen) atoms. The number of carbonyl (C=O) groups excluding carboxylic acids is 4. The molecule has 3 aliphatic rings. The van der Waals surface area contributed by atoms with Crippen molar-refractivity contribution in [2.75, 3.05) is 44.6 Å². The first-order valence-corrected chi connectivity index (χ1v) is 12.4. The minimum Gasteiger partial charge on any atom is -0.459 e. The van der Waals surface area contributed by atoms with Crippen molar-refractivity contribution in [3.8, 4) is 0 Å². The fraction of sp³-hybridized carbons (Fsp3) is 0.417. The van der Waals surface area contributed by atoms with Crippen LogP contribution in [-0.4, -0.2) is 82.8 Å². The van der Waals surface area contributed by atoms with E-state index in [0.717, 1.165) is 10.6 Å². The Bertz CT molecular complexity index is 1090. The number of fused-ring (bicyclic) bond motifs is 1. The third-order valence-corrected chi connectivity index (χ3v) is 7.88. The van der Waals surface area contributed by atoms with Gasteiger partial charge in [-0.3, -0.25) is 19.2 Å². The van der Waals surface area contributed by atoms with Gasteiger partial charge >= 0.3 is 0 Å². The maximum absolute atomic E-state index is 13.1. The Labute approximate surface area is 201 Å². The molecular formula is C24H26N4O5S. The third kappa shape index (κ3) is 4.42. The molecule has 0 aliphatic carbocycles. The van der Waals surface area contributed by atoms with Gasteiger partial charge in [-0.15, -0.1) is 11.8 Å². The lowest BCUT2D eigenvalue weighted by Gasteiger charge is -2.39. The molecule has 4 amide bonds. The maximum Gasteiger partial charge on any atom is 0.289 e. The van der Waals surface area contributed by atoms with Crippen LogP contribution < -0.4 is 5.32 Å². The van der Waals surface area contributed by atoms with Gasteiger partial charge in [-0.05, 0) is 37.1 Å². The van der Waals surface area contributed by atoms with Crippen molar-refractivity contribution < 1.29 is 23.6 Å². The first kappa shape index (κ1) is 22.5. The van der Waals surface area contributed by atoms with E-state index in [1.54, 1.807) is 21.9 Å². The van der Waals surface area contributed by atoms with Crippen molar-refractivity contribution in [2.24, 2.45) is 5.92 Å². The molecule has 1 N–H and O–H groups in total. The number of rotatable bonds is 3. The van der Waals surface area contributed by atoms with Gasteiger partial charge < -0.3 is 24.4 Å². The molecule has 1 aromatic heterocycles. The lowest BCUT2D eigenvalue weighted by molar-refractivity contribution is -0.142. The zero-order chi connectivity index (χ0) is 23.7. The summed E-state index contributed by atoms with van der Waals surface area (Å²) in [6.07, 6.45) is 2.62. The summed E-state index contributed by atoms with van der Waals surface area (Å²) in [5.41, 5.74) is 0.733. The minimum atomic E-state index is -0.804. The SMILES string of the molecule is O=C1Nc2ccccc2SC1C(=O)N1CCC(C(=O)N2CCN(C(=O)c3ccco3)CC2)CC1. The molecule has 2 aromatic rings. The predicted molar refractivity (Wildman–Crippen MR) is 125 cm³/mol. The molecule has 10 heteroatoms. The number of thioether (sulfide) groups is 1. The highest BCUT2D eigenvalue weighted by Gasteiger charge is 2.38. The van der Waals surface area contributed by atoms with E-state index in [0.29, 0.717) is 57.9 Å². The molecule has 3 aliphatic heterocycles. The van der Waals surface area contributed by atoms with Crippen LogP contribution in [0, 0.1) is 5.92 Å². The standard InChI is InChI=1S/C24H26N4O5S/c29-21-20(34-19-6-2-1-4-17(19)25-21)24(32)26-9-7-16(8-10-26)22(30)27-11-13-28(14-12-27)23(31)18-5-3-15-33-18/h1-6,15-16,20H,7-14H2,(H,25,29). The quantitative estimate of drug-likeness (QED) is 0.671. The monoisotopic (exact) mass is 482 g/mol. The number of amides is 4. The van der Waals surface area contributed by atoms with Gasteiger partial charge in [0, 0.05) is 50.1 Å². The van der Waals surface area contributed by atoms with E-state index in [4.69, 9.17) is 4.42 Å². The molecule has 1 unspecified atom stereocenters. The van der Waals surface area contributed by atoms with Crippen LogP contribution in [-0.2, 0) is 14.4 Å². The molecule has 1 atom stereocenters. The van der Waals surface area contributed by atoms with Gasteiger partial charge in [-0.25, -0.2) is 0 Å². The first-order valence-electron chi connectivity index (χ1n) is 11.5. The molecule has 4 heterocycles. The van der Waals surface area contributed by atoms with E-state index in [2.05, 4.69) is 5.32 Å². The number of hydrogen-bond donors (Lipinski definition) is 1. The Kier molecular flexibility index (Phi) is 6.32. The number of furan rings is 1. The van der Waals surface area contributed by atoms with Gasteiger partial charge in [0.15, 0.2) is 11.0 Å². The van der Waals surface area contributed by atoms with E-state index in [-0.39, 0.29) is 29.5 Å². The second kappa shape index (κ2) is 9.54. The Balaban J connectivity index is 1.11. The molecular weight excluding hydrogens is 456 g/mol. The van der Waals surface area contributed by atoms with Crippen LogP contribution in [0.3, 0.4) is 0 Å². The summed E-state index contributed by atoms with van der Waals surface area (Å²) in [4.78, 5) is 57.1. The van der Waals surface area contributed by atoms with Gasteiger partial charge in [0.05, 0.1) is 12.0 Å². The summed E-state index contributed by atoms with van der Waals surface area (Å²) < 4.78 is 5.18. The largest absolute Gasteiger partial charge is 0.459 e. The van der Waals surface area contributed by atoms with Crippen LogP contribution >= 0.6 is 11.8 Å². The number of anilines is 1. The van der Waals surface area contributed by atoms with Crippen LogP contribution in [0.4, 0.5) is 5.69 Å². The van der Waals surface area contributed by atoms with Crippen LogP contribution in [0.25, 0.3) is 0 Å². The topological polar surface area (TPSA) is 103 Å². The smallest absolute Gasteiger partial charge is 0.289 e. The average Bonchev–Trinajstić information content (AvgIpc) is 3.42. The van der Waals surface area contributed by atoms with Gasteiger partial charge in [-0.1, -0.05) is 12.1 Å². The summed E-state index contributed by atoms with van der Waals surface area (Å²) in [7, 11) is 0. The highest BCUT2D eigenvalue weighted by atomic mass is 32.2. The number of nitrogens with one attached hydrogen (secondary N) is 1. The van der Waals surface area contributed by atoms with Crippen LogP contribution in [0.15, 0.2) is 52.0 Å². The fourth-order valence-electron chi connectivity index (χ4n) is 4.67. The van der Waals surface area contributed by atoms with E-state index >= 15 is 0 Å². The average molecular weight is 483 g/mol. The molecule has 1 aromatic carbocycles. The normalized spacial score (nSPS) is 21.1. The molecule has 0 bridgehead atoms. The summed E-state index contributed by atoms with van der Waals surface area (Å²) in [6, 6.07) is 10.8. The molecule has 0 saturated carbocycles. The van der Waals surface area contributed by atoms with E-state index < -0.39 is 5.25 Å². The Morgan fingerprint density at radius 1 is 0.853 bits per heavy atom. The minimum absolute atomic E-state index is 0.0795. The second-order valence-electron chi connectivity index (χ2n) is 8.68. The van der Waals surface area contributed by atoms with Crippen molar-refractivity contribution >= 4 is 41.1 Å². The number of benzene rings is 1. The summed E-state index contributed by atoms with van der Waals surface area (Å²) in [5.74, 6) is -0.413. The number of carbonyl (C=O) groups is 4. The molecule has 0 spiro atoms. The van der Waals surface area contributed by atoms with Crippen molar-refractivity contribution in [1.82, 2.24) is 14.7 Å². The Hall–Kier alpha value is -3.27. The van der Waals surface area contributed by atoms with Crippen LogP contribution in [0.1, 0.15) is 23.4 Å². The van der Waals surface area contributed by atoms with Gasteiger partial charge in [0.25, 0.3) is 5.91 Å². The molecule has 178 valence electrons. The van der Waals surface area contributed by atoms with E-state index in [1.165, 1.54) is 18.0 Å². The third-order valence-electron chi connectivity index (χ3n) is 6.62. The number of piperidine rings is 1. The number of nitrogens with zero attached hydrogens (tertiary/aromatic N) is 3. The van der Waals surface area contributed by atoms with Crippen molar-refractivity contribution in [1.29, 1.82) is 0 Å². The lowest BCUT2D eigenvalue weighted by Crippen LogP contribution is -2.53. The Morgan fingerprint density at radius 2 is 1.53 bits per heavy atom. The highest BCUT2D eigenvalue weighted by molar-refractivity contribution is 8.01. The second-order valence-corrected chi connectivity index (χ2v) is 9.82. The Morgan fingerprint density at radius 3 is 2.24 bits per heavy atom. The van der Waals surface area contributed by atoms with Gasteiger partial charge in [0.2, 0.25) is 17.7 Å². The van der Waals surface area contributed by atoms with Crippen molar-refractivity contribution in [3.63, 3.8) is 0 Å². The van der Waals surface area contributed by atoms with Crippen molar-refractivity contribution in [3.05, 3.63) is 48.4 Å².